The van der Waals surface area contributed by atoms with Gasteiger partial charge in [-0.15, -0.1) is 0 Å². The number of benzene rings is 2. The molecule has 2 aromatic carbocycles. The number of halogens is 3. The van der Waals surface area contributed by atoms with Gasteiger partial charge in [0.1, 0.15) is 0 Å². The molecule has 3 aromatic rings. The number of nitrogens with one attached hydrogen (secondary N) is 1. The molecule has 0 atom stereocenters. The Bertz CT molecular complexity index is 989. The van der Waals surface area contributed by atoms with Gasteiger partial charge in [0.2, 0.25) is 0 Å². The monoisotopic (exact) mass is 377 g/mol. The molecule has 6 nitrogen and oxygen atoms in total. The van der Waals surface area contributed by atoms with Crippen molar-refractivity contribution in [1.82, 2.24) is 19.8 Å². The molecule has 0 amide bonds. The summed E-state index contributed by atoms with van der Waals surface area (Å²) >= 11 is 0. The average molecular weight is 377 g/mol. The van der Waals surface area contributed by atoms with Crippen LogP contribution in [0.15, 0.2) is 47.3 Å². The largest absolute Gasteiger partial charge is 0.416 e. The van der Waals surface area contributed by atoms with Crippen LogP contribution in [-0.2, 0) is 12.7 Å². The zero-order chi connectivity index (χ0) is 19.6. The number of hydrogen-bond acceptors (Lipinski definition) is 4. The molecule has 9 heteroatoms. The maximum absolute atomic E-state index is 12.7. The van der Waals surface area contributed by atoms with E-state index >= 15 is 0 Å². The van der Waals surface area contributed by atoms with E-state index in [1.54, 1.807) is 0 Å². The Balaban J connectivity index is 1.83. The first-order valence-corrected chi connectivity index (χ1v) is 8.33. The Kier molecular flexibility index (Phi) is 5.02. The van der Waals surface area contributed by atoms with E-state index < -0.39 is 17.4 Å². The molecule has 0 aliphatic carbocycles. The summed E-state index contributed by atoms with van der Waals surface area (Å²) in [7, 11) is 0. The normalized spacial score (nSPS) is 11.6. The summed E-state index contributed by atoms with van der Waals surface area (Å²) in [6.45, 7) is 4.99. The van der Waals surface area contributed by atoms with E-state index in [2.05, 4.69) is 15.7 Å². The van der Waals surface area contributed by atoms with Crippen molar-refractivity contribution < 1.29 is 13.2 Å². The second-order valence-corrected chi connectivity index (χ2v) is 6.06. The van der Waals surface area contributed by atoms with Crippen molar-refractivity contribution in [2.75, 3.05) is 11.9 Å². The van der Waals surface area contributed by atoms with Gasteiger partial charge in [-0.2, -0.15) is 22.5 Å². The summed E-state index contributed by atoms with van der Waals surface area (Å²) in [5.74, 6) is 0. The van der Waals surface area contributed by atoms with Crippen LogP contribution in [0.4, 0.5) is 18.9 Å². The number of aryl methyl sites for hydroxylation is 1. The molecule has 0 fully saturated rings. The standard InChI is InChI=1S/C18H18F3N5O/c1-3-22-16-9-4-13(10-12(16)2)11-25-17(27)26(24-23-25)15-7-5-14(6-8-15)18(19,20)21/h4-10,22H,3,11H2,1-2H3. The number of aromatic nitrogens is 4. The maximum Gasteiger partial charge on any atom is 0.416 e. The molecule has 0 unspecified atom stereocenters. The van der Waals surface area contributed by atoms with Crippen LogP contribution in [0, 0.1) is 6.92 Å². The highest BCUT2D eigenvalue weighted by atomic mass is 19.4. The zero-order valence-corrected chi connectivity index (χ0v) is 14.8. The lowest BCUT2D eigenvalue weighted by atomic mass is 10.1. The predicted molar refractivity (Wildman–Crippen MR) is 95.1 cm³/mol. The number of anilines is 1. The van der Waals surface area contributed by atoms with Gasteiger partial charge < -0.3 is 5.32 Å². The first-order chi connectivity index (χ1) is 12.8. The summed E-state index contributed by atoms with van der Waals surface area (Å²) in [6, 6.07) is 9.96. The summed E-state index contributed by atoms with van der Waals surface area (Å²) in [5.41, 5.74) is 1.83. The Morgan fingerprint density at radius 1 is 1.07 bits per heavy atom. The molecule has 0 bridgehead atoms. The van der Waals surface area contributed by atoms with Crippen LogP contribution in [0.5, 0.6) is 0 Å². The van der Waals surface area contributed by atoms with Gasteiger partial charge in [-0.3, -0.25) is 0 Å². The van der Waals surface area contributed by atoms with Crippen LogP contribution in [0.2, 0.25) is 0 Å². The van der Waals surface area contributed by atoms with Gasteiger partial charge in [-0.1, -0.05) is 12.1 Å². The minimum absolute atomic E-state index is 0.215. The summed E-state index contributed by atoms with van der Waals surface area (Å²) in [6.07, 6.45) is -4.43. The van der Waals surface area contributed by atoms with E-state index in [1.807, 2.05) is 32.0 Å². The third-order valence-electron chi connectivity index (χ3n) is 4.07. The van der Waals surface area contributed by atoms with Gasteiger partial charge in [0.05, 0.1) is 17.8 Å². The second-order valence-electron chi connectivity index (χ2n) is 6.06. The highest BCUT2D eigenvalue weighted by Crippen LogP contribution is 2.29. The van der Waals surface area contributed by atoms with Gasteiger partial charge in [0, 0.05) is 12.2 Å². The van der Waals surface area contributed by atoms with Crippen LogP contribution in [0.25, 0.3) is 5.69 Å². The van der Waals surface area contributed by atoms with E-state index in [0.29, 0.717) is 0 Å². The Morgan fingerprint density at radius 2 is 1.78 bits per heavy atom. The topological polar surface area (TPSA) is 64.7 Å². The van der Waals surface area contributed by atoms with Crippen LogP contribution < -0.4 is 11.0 Å². The molecular weight excluding hydrogens is 359 g/mol. The molecule has 0 aliphatic rings. The summed E-state index contributed by atoms with van der Waals surface area (Å²) < 4.78 is 40.1. The number of hydrogen-bond donors (Lipinski definition) is 1. The molecule has 0 aliphatic heterocycles. The number of tetrazole rings is 1. The predicted octanol–water partition coefficient (Wildman–Crippen LogP) is 3.24. The first kappa shape index (κ1) is 18.7. The molecule has 1 aromatic heterocycles. The van der Waals surface area contributed by atoms with Gasteiger partial charge in [-0.05, 0) is 65.7 Å². The van der Waals surface area contributed by atoms with Crippen LogP contribution in [0.3, 0.4) is 0 Å². The fraction of sp³-hybridized carbons (Fsp3) is 0.278. The molecule has 0 spiro atoms. The van der Waals surface area contributed by atoms with Gasteiger partial charge >= 0.3 is 11.9 Å². The minimum atomic E-state index is -4.43. The first-order valence-electron chi connectivity index (χ1n) is 8.33. The molecule has 0 radical (unpaired) electrons. The molecule has 0 saturated heterocycles. The Labute approximate surface area is 153 Å². The summed E-state index contributed by atoms with van der Waals surface area (Å²) in [5, 5.41) is 10.8. The Hall–Kier alpha value is -3.10. The lowest BCUT2D eigenvalue weighted by Crippen LogP contribution is -2.24. The number of nitrogens with zero attached hydrogens (tertiary/aromatic N) is 4. The van der Waals surface area contributed by atoms with Crippen molar-refractivity contribution in [3.63, 3.8) is 0 Å². The van der Waals surface area contributed by atoms with Crippen molar-refractivity contribution in [3.8, 4) is 5.69 Å². The highest BCUT2D eigenvalue weighted by Gasteiger charge is 2.30. The fourth-order valence-electron chi connectivity index (χ4n) is 2.71. The third kappa shape index (κ3) is 4.02. The van der Waals surface area contributed by atoms with E-state index in [-0.39, 0.29) is 12.2 Å². The Morgan fingerprint density at radius 3 is 2.37 bits per heavy atom. The molecular formula is C18H18F3N5O. The van der Waals surface area contributed by atoms with Crippen molar-refractivity contribution in [1.29, 1.82) is 0 Å². The molecule has 142 valence electrons. The van der Waals surface area contributed by atoms with Gasteiger partial charge in [0.25, 0.3) is 0 Å². The van der Waals surface area contributed by atoms with Crippen LogP contribution >= 0.6 is 0 Å². The van der Waals surface area contributed by atoms with E-state index in [1.165, 1.54) is 16.8 Å². The van der Waals surface area contributed by atoms with Crippen LogP contribution in [-0.4, -0.2) is 26.3 Å². The fourth-order valence-corrected chi connectivity index (χ4v) is 2.71. The SMILES string of the molecule is CCNc1ccc(Cn2nnn(-c3ccc(C(F)(F)F)cc3)c2=O)cc1C. The smallest absolute Gasteiger partial charge is 0.385 e. The molecule has 1 heterocycles. The van der Waals surface area contributed by atoms with Crippen molar-refractivity contribution in [3.05, 3.63) is 69.6 Å². The maximum atomic E-state index is 12.7. The average Bonchev–Trinajstić information content (AvgIpc) is 2.97. The van der Waals surface area contributed by atoms with Gasteiger partial charge in [0.15, 0.2) is 0 Å². The van der Waals surface area contributed by atoms with Gasteiger partial charge in [-0.25, -0.2) is 4.79 Å². The number of alkyl halides is 3. The molecule has 27 heavy (non-hydrogen) atoms. The minimum Gasteiger partial charge on any atom is -0.385 e. The molecule has 0 saturated carbocycles. The lowest BCUT2D eigenvalue weighted by Gasteiger charge is -2.09. The molecule has 1 N–H and O–H groups in total. The van der Waals surface area contributed by atoms with Crippen LogP contribution in [0.1, 0.15) is 23.6 Å². The quantitative estimate of drug-likeness (QED) is 0.741. The van der Waals surface area contributed by atoms with Crippen molar-refractivity contribution >= 4 is 5.69 Å². The van der Waals surface area contributed by atoms with E-state index in [4.69, 9.17) is 0 Å². The number of rotatable bonds is 5. The molecule has 3 rings (SSSR count). The van der Waals surface area contributed by atoms with Crippen molar-refractivity contribution in [2.24, 2.45) is 0 Å². The second kappa shape index (κ2) is 7.26. The van der Waals surface area contributed by atoms with E-state index in [9.17, 15) is 18.0 Å². The highest BCUT2D eigenvalue weighted by molar-refractivity contribution is 5.52. The lowest BCUT2D eigenvalue weighted by molar-refractivity contribution is -0.137. The zero-order valence-electron chi connectivity index (χ0n) is 14.8. The van der Waals surface area contributed by atoms with Crippen molar-refractivity contribution in [2.45, 2.75) is 26.6 Å². The summed E-state index contributed by atoms with van der Waals surface area (Å²) in [4.78, 5) is 12.5. The third-order valence-corrected chi connectivity index (χ3v) is 4.07. The van der Waals surface area contributed by atoms with E-state index in [0.717, 1.165) is 40.2 Å².